The third kappa shape index (κ3) is 3.07. The van der Waals surface area contributed by atoms with Crippen molar-refractivity contribution in [2.75, 3.05) is 12.4 Å². The molecule has 0 spiro atoms. The van der Waals surface area contributed by atoms with E-state index in [2.05, 4.69) is 0 Å². The second kappa shape index (κ2) is 6.06. The van der Waals surface area contributed by atoms with Crippen LogP contribution in [0.25, 0.3) is 0 Å². The summed E-state index contributed by atoms with van der Waals surface area (Å²) >= 11 is 5.90. The van der Waals surface area contributed by atoms with Gasteiger partial charge in [-0.3, -0.25) is 14.9 Å². The van der Waals surface area contributed by atoms with Crippen LogP contribution in [-0.4, -0.2) is 34.2 Å². The molecule has 0 saturated carbocycles. The van der Waals surface area contributed by atoms with Gasteiger partial charge in [0.1, 0.15) is 4.92 Å². The van der Waals surface area contributed by atoms with Crippen LogP contribution in [0.1, 0.15) is 36.2 Å². The van der Waals surface area contributed by atoms with Crippen molar-refractivity contribution in [1.29, 1.82) is 0 Å². The van der Waals surface area contributed by atoms with E-state index >= 15 is 0 Å². The van der Waals surface area contributed by atoms with Crippen LogP contribution in [0.15, 0.2) is 16.5 Å². The van der Waals surface area contributed by atoms with E-state index in [0.29, 0.717) is 12.4 Å². The largest absolute Gasteiger partial charge is 0.433 e. The Hall–Kier alpha value is -1.56. The second-order valence-corrected chi connectivity index (χ2v) is 4.86. The van der Waals surface area contributed by atoms with E-state index in [1.165, 1.54) is 12.1 Å². The fourth-order valence-corrected chi connectivity index (χ4v) is 2.61. The normalized spacial score (nSPS) is 20.1. The van der Waals surface area contributed by atoms with Gasteiger partial charge in [0.05, 0.1) is 6.07 Å². The van der Waals surface area contributed by atoms with Gasteiger partial charge in [-0.05, 0) is 18.9 Å². The van der Waals surface area contributed by atoms with E-state index in [1.807, 2.05) is 0 Å². The van der Waals surface area contributed by atoms with Gasteiger partial charge >= 0.3 is 5.88 Å². The number of nitro groups is 1. The van der Waals surface area contributed by atoms with Gasteiger partial charge in [0.15, 0.2) is 5.76 Å². The molecule has 0 N–H and O–H groups in total. The molecule has 0 aliphatic carbocycles. The minimum Gasteiger partial charge on any atom is -0.395 e. The Labute approximate surface area is 115 Å². The van der Waals surface area contributed by atoms with Crippen LogP contribution >= 0.6 is 11.6 Å². The second-order valence-electron chi connectivity index (χ2n) is 4.55. The maximum Gasteiger partial charge on any atom is 0.433 e. The lowest BCUT2D eigenvalue weighted by atomic mass is 10.1. The number of nitrogens with zero attached hydrogens (tertiary/aromatic N) is 2. The van der Waals surface area contributed by atoms with Crippen molar-refractivity contribution in [1.82, 2.24) is 4.90 Å². The van der Waals surface area contributed by atoms with Gasteiger partial charge in [0.25, 0.3) is 5.91 Å². The average Bonchev–Trinajstić information content (AvgIpc) is 2.77. The van der Waals surface area contributed by atoms with Crippen LogP contribution in [0.4, 0.5) is 5.88 Å². The summed E-state index contributed by atoms with van der Waals surface area (Å²) in [5, 5.41) is 10.6. The first-order valence-corrected chi connectivity index (χ1v) is 6.78. The summed E-state index contributed by atoms with van der Waals surface area (Å²) in [6.07, 6.45) is 3.88. The minimum atomic E-state index is -0.655. The summed E-state index contributed by atoms with van der Waals surface area (Å²) in [6.45, 7) is 0.616. The predicted octanol–water partition coefficient (Wildman–Crippen LogP) is 2.81. The lowest BCUT2D eigenvalue weighted by molar-refractivity contribution is -0.402. The Morgan fingerprint density at radius 1 is 1.47 bits per heavy atom. The summed E-state index contributed by atoms with van der Waals surface area (Å²) in [5.41, 5.74) is 0. The molecule has 2 rings (SSSR count). The molecule has 1 aromatic rings. The summed E-state index contributed by atoms with van der Waals surface area (Å²) < 4.78 is 4.96. The van der Waals surface area contributed by atoms with Gasteiger partial charge in [-0.25, -0.2) is 0 Å². The molecular formula is C12H15ClN2O4. The van der Waals surface area contributed by atoms with Crippen molar-refractivity contribution < 1.29 is 14.1 Å². The van der Waals surface area contributed by atoms with Gasteiger partial charge in [-0.2, -0.15) is 0 Å². The van der Waals surface area contributed by atoms with Gasteiger partial charge in [-0.1, -0.05) is 12.8 Å². The summed E-state index contributed by atoms with van der Waals surface area (Å²) in [7, 11) is 0. The highest BCUT2D eigenvalue weighted by molar-refractivity contribution is 6.18. The Morgan fingerprint density at radius 2 is 2.26 bits per heavy atom. The van der Waals surface area contributed by atoms with E-state index in [0.717, 1.165) is 25.7 Å². The molecule has 1 aromatic heterocycles. The lowest BCUT2D eigenvalue weighted by Gasteiger charge is -2.27. The van der Waals surface area contributed by atoms with Crippen molar-refractivity contribution in [3.8, 4) is 0 Å². The first-order valence-electron chi connectivity index (χ1n) is 6.24. The van der Waals surface area contributed by atoms with E-state index in [4.69, 9.17) is 16.0 Å². The third-order valence-corrected chi connectivity index (χ3v) is 3.65. The van der Waals surface area contributed by atoms with Crippen LogP contribution in [0.5, 0.6) is 0 Å². The third-order valence-electron chi connectivity index (χ3n) is 3.30. The number of amides is 1. The first-order chi connectivity index (χ1) is 9.13. The fraction of sp³-hybridized carbons (Fsp3) is 0.583. The molecular weight excluding hydrogens is 272 g/mol. The number of hydrogen-bond donors (Lipinski definition) is 0. The number of furan rings is 1. The Bertz CT molecular complexity index is 474. The molecule has 104 valence electrons. The smallest absolute Gasteiger partial charge is 0.395 e. The van der Waals surface area contributed by atoms with E-state index < -0.39 is 10.8 Å². The molecule has 0 aromatic carbocycles. The predicted molar refractivity (Wildman–Crippen MR) is 69.4 cm³/mol. The molecule has 1 fully saturated rings. The Morgan fingerprint density at radius 3 is 2.89 bits per heavy atom. The summed E-state index contributed by atoms with van der Waals surface area (Å²) in [4.78, 5) is 23.9. The van der Waals surface area contributed by atoms with E-state index in [-0.39, 0.29) is 17.7 Å². The van der Waals surface area contributed by atoms with Gasteiger partial charge in [0, 0.05) is 18.5 Å². The number of alkyl halides is 1. The molecule has 7 heteroatoms. The fourth-order valence-electron chi connectivity index (χ4n) is 2.29. The highest BCUT2D eigenvalue weighted by Crippen LogP contribution is 2.23. The number of likely N-dealkylation sites (tertiary alicyclic amines) is 1. The van der Waals surface area contributed by atoms with Crippen LogP contribution in [0.3, 0.4) is 0 Å². The summed E-state index contributed by atoms with van der Waals surface area (Å²) in [5.74, 6) is -0.362. The van der Waals surface area contributed by atoms with Crippen molar-refractivity contribution in [3.05, 3.63) is 28.0 Å². The highest BCUT2D eigenvalue weighted by atomic mass is 35.5. The van der Waals surface area contributed by atoms with Gasteiger partial charge in [0.2, 0.25) is 0 Å². The zero-order chi connectivity index (χ0) is 13.8. The maximum absolute atomic E-state index is 12.3. The quantitative estimate of drug-likeness (QED) is 0.486. The van der Waals surface area contributed by atoms with Crippen LogP contribution in [0.2, 0.25) is 0 Å². The molecule has 2 heterocycles. The SMILES string of the molecule is O=C(c1ccc([N+](=O)[O-])o1)N1CCCCCC1CCl. The van der Waals surface area contributed by atoms with Crippen molar-refractivity contribution in [3.63, 3.8) is 0 Å². The van der Waals surface area contributed by atoms with Crippen LogP contribution < -0.4 is 0 Å². The number of halogens is 1. The van der Waals surface area contributed by atoms with Gasteiger partial charge in [-0.15, -0.1) is 11.6 Å². The van der Waals surface area contributed by atoms with Crippen molar-refractivity contribution >= 4 is 23.4 Å². The minimum absolute atomic E-state index is 0.00344. The number of carbonyl (C=O) groups excluding carboxylic acids is 1. The average molecular weight is 287 g/mol. The number of rotatable bonds is 3. The lowest BCUT2D eigenvalue weighted by Crippen LogP contribution is -2.40. The molecule has 6 nitrogen and oxygen atoms in total. The van der Waals surface area contributed by atoms with Crippen molar-refractivity contribution in [2.45, 2.75) is 31.7 Å². The highest BCUT2D eigenvalue weighted by Gasteiger charge is 2.28. The van der Waals surface area contributed by atoms with Crippen LogP contribution in [-0.2, 0) is 0 Å². The molecule has 1 unspecified atom stereocenters. The molecule has 0 radical (unpaired) electrons. The number of hydrogen-bond acceptors (Lipinski definition) is 4. The molecule has 1 saturated heterocycles. The molecule has 1 amide bonds. The van der Waals surface area contributed by atoms with Crippen LogP contribution in [0, 0.1) is 10.1 Å². The monoisotopic (exact) mass is 286 g/mol. The molecule has 1 atom stereocenters. The van der Waals surface area contributed by atoms with Crippen molar-refractivity contribution in [2.24, 2.45) is 0 Å². The van der Waals surface area contributed by atoms with E-state index in [9.17, 15) is 14.9 Å². The zero-order valence-corrected chi connectivity index (χ0v) is 11.1. The number of carbonyl (C=O) groups is 1. The molecule has 1 aliphatic rings. The molecule has 19 heavy (non-hydrogen) atoms. The zero-order valence-electron chi connectivity index (χ0n) is 10.4. The summed E-state index contributed by atoms with van der Waals surface area (Å²) in [6, 6.07) is 2.51. The maximum atomic E-state index is 12.3. The van der Waals surface area contributed by atoms with Gasteiger partial charge < -0.3 is 9.32 Å². The Kier molecular flexibility index (Phi) is 4.42. The topological polar surface area (TPSA) is 76.6 Å². The molecule has 0 bridgehead atoms. The first kappa shape index (κ1) is 13.9. The standard InChI is InChI=1S/C12H15ClN2O4/c13-8-9-4-2-1-3-7-14(9)12(16)10-5-6-11(19-10)15(17)18/h5-6,9H,1-4,7-8H2. The molecule has 1 aliphatic heterocycles. The Balaban J connectivity index is 2.17. The van der Waals surface area contributed by atoms with E-state index in [1.54, 1.807) is 4.90 Å².